The molecule has 5 nitrogen and oxygen atoms in total. The van der Waals surface area contributed by atoms with E-state index in [-0.39, 0.29) is 22.4 Å². The summed E-state index contributed by atoms with van der Waals surface area (Å²) in [5.41, 5.74) is 2.41. The van der Waals surface area contributed by atoms with Gasteiger partial charge in [-0.15, -0.1) is 0 Å². The second kappa shape index (κ2) is 6.41. The Morgan fingerprint density at radius 3 is 2.67 bits per heavy atom. The number of rotatable bonds is 3. The minimum absolute atomic E-state index is 0.0223. The Morgan fingerprint density at radius 1 is 1.33 bits per heavy atom. The second-order valence-electron chi connectivity index (χ2n) is 7.57. The van der Waals surface area contributed by atoms with Crippen LogP contribution < -0.4 is 5.32 Å². The summed E-state index contributed by atoms with van der Waals surface area (Å²) in [5.74, 6) is 0.0223. The molecule has 1 aromatic heterocycles. The molecule has 0 bridgehead atoms. The van der Waals surface area contributed by atoms with Crippen molar-refractivity contribution in [1.29, 1.82) is 5.26 Å². The van der Waals surface area contributed by atoms with E-state index in [9.17, 15) is 23.2 Å². The van der Waals surface area contributed by atoms with Gasteiger partial charge in [0.2, 0.25) is 0 Å². The Balaban J connectivity index is 2.07. The summed E-state index contributed by atoms with van der Waals surface area (Å²) in [4.78, 5) is 12.5. The summed E-state index contributed by atoms with van der Waals surface area (Å²) < 4.78 is 39.3. The normalized spacial score (nSPS) is 16.0. The van der Waals surface area contributed by atoms with Crippen LogP contribution in [0.25, 0.3) is 5.69 Å². The Bertz CT molecular complexity index is 951. The van der Waals surface area contributed by atoms with Crippen LogP contribution in [0.3, 0.4) is 0 Å². The van der Waals surface area contributed by atoms with Gasteiger partial charge in [0.1, 0.15) is 12.6 Å². The minimum Gasteiger partial charge on any atom is -0.375 e. The molecular weight excluding hydrogens is 357 g/mol. The van der Waals surface area contributed by atoms with Crippen molar-refractivity contribution in [3.05, 3.63) is 40.7 Å². The first-order valence-corrected chi connectivity index (χ1v) is 8.47. The summed E-state index contributed by atoms with van der Waals surface area (Å²) in [6.45, 7) is 4.50. The molecule has 0 fully saturated rings. The van der Waals surface area contributed by atoms with Gasteiger partial charge in [-0.1, -0.05) is 13.8 Å². The predicted molar refractivity (Wildman–Crippen MR) is 94.0 cm³/mol. The SMILES string of the molecule is Cc1nn(-c2ccc(C#N)c(NCC(F)(F)F)c2)c2c1C(=O)CC(C)(C)C2. The molecule has 0 saturated heterocycles. The Kier molecular flexibility index (Phi) is 4.50. The Labute approximate surface area is 154 Å². The van der Waals surface area contributed by atoms with Gasteiger partial charge in [0, 0.05) is 6.42 Å². The highest BCUT2D eigenvalue weighted by molar-refractivity contribution is 5.99. The van der Waals surface area contributed by atoms with E-state index < -0.39 is 12.7 Å². The van der Waals surface area contributed by atoms with Gasteiger partial charge in [0.25, 0.3) is 0 Å². The topological polar surface area (TPSA) is 70.7 Å². The molecule has 0 saturated carbocycles. The third-order valence-electron chi connectivity index (χ3n) is 4.57. The lowest BCUT2D eigenvalue weighted by atomic mass is 9.75. The number of nitriles is 1. The van der Waals surface area contributed by atoms with E-state index in [1.54, 1.807) is 17.7 Å². The first-order valence-electron chi connectivity index (χ1n) is 8.47. The van der Waals surface area contributed by atoms with Crippen LogP contribution in [0.2, 0.25) is 0 Å². The lowest BCUT2D eigenvalue weighted by Gasteiger charge is -2.29. The van der Waals surface area contributed by atoms with Crippen LogP contribution >= 0.6 is 0 Å². The Hall–Kier alpha value is -2.82. The fourth-order valence-corrected chi connectivity index (χ4v) is 3.46. The number of carbonyl (C=O) groups excluding carboxylic acids is 1. The average molecular weight is 376 g/mol. The van der Waals surface area contributed by atoms with E-state index in [1.807, 2.05) is 19.9 Å². The molecule has 1 aromatic carbocycles. The van der Waals surface area contributed by atoms with Crippen LogP contribution in [-0.4, -0.2) is 28.3 Å². The smallest absolute Gasteiger partial charge is 0.375 e. The largest absolute Gasteiger partial charge is 0.405 e. The van der Waals surface area contributed by atoms with E-state index in [0.717, 1.165) is 5.69 Å². The summed E-state index contributed by atoms with van der Waals surface area (Å²) in [5, 5.41) is 15.9. The molecule has 0 unspecified atom stereocenters. The highest BCUT2D eigenvalue weighted by Crippen LogP contribution is 2.37. The first-order chi connectivity index (χ1) is 12.5. The summed E-state index contributed by atoms with van der Waals surface area (Å²) >= 11 is 0. The monoisotopic (exact) mass is 376 g/mol. The van der Waals surface area contributed by atoms with Crippen LogP contribution in [0.4, 0.5) is 18.9 Å². The van der Waals surface area contributed by atoms with Gasteiger partial charge in [-0.3, -0.25) is 4.79 Å². The lowest BCUT2D eigenvalue weighted by molar-refractivity contribution is -0.115. The molecule has 1 N–H and O–H groups in total. The predicted octanol–water partition coefficient (Wildman–Crippen LogP) is 4.18. The number of hydrogen-bond acceptors (Lipinski definition) is 4. The number of carbonyl (C=O) groups is 1. The van der Waals surface area contributed by atoms with Crippen LogP contribution in [0.15, 0.2) is 18.2 Å². The number of ketones is 1. The number of alkyl halides is 3. The lowest BCUT2D eigenvalue weighted by Crippen LogP contribution is -2.28. The van der Waals surface area contributed by atoms with Crippen molar-refractivity contribution >= 4 is 11.5 Å². The molecule has 142 valence electrons. The van der Waals surface area contributed by atoms with E-state index in [2.05, 4.69) is 10.4 Å². The zero-order valence-corrected chi connectivity index (χ0v) is 15.2. The van der Waals surface area contributed by atoms with Crippen LogP contribution in [0.5, 0.6) is 0 Å². The van der Waals surface area contributed by atoms with Crippen molar-refractivity contribution in [2.24, 2.45) is 5.41 Å². The number of hydrogen-bond donors (Lipinski definition) is 1. The van der Waals surface area contributed by atoms with Gasteiger partial charge < -0.3 is 5.32 Å². The number of anilines is 1. The molecule has 0 amide bonds. The van der Waals surface area contributed by atoms with Crippen molar-refractivity contribution < 1.29 is 18.0 Å². The highest BCUT2D eigenvalue weighted by Gasteiger charge is 2.35. The number of halogens is 3. The first kappa shape index (κ1) is 19.0. The van der Waals surface area contributed by atoms with Gasteiger partial charge in [-0.2, -0.15) is 23.5 Å². The maximum Gasteiger partial charge on any atom is 0.405 e. The third kappa shape index (κ3) is 3.82. The maximum atomic E-state index is 12.6. The second-order valence-corrected chi connectivity index (χ2v) is 7.57. The van der Waals surface area contributed by atoms with Crippen LogP contribution in [0, 0.1) is 23.7 Å². The average Bonchev–Trinajstić information content (AvgIpc) is 2.87. The van der Waals surface area contributed by atoms with Crippen molar-refractivity contribution in [3.8, 4) is 11.8 Å². The molecule has 27 heavy (non-hydrogen) atoms. The van der Waals surface area contributed by atoms with Gasteiger partial charge in [-0.25, -0.2) is 4.68 Å². The van der Waals surface area contributed by atoms with Gasteiger partial charge in [-0.05, 0) is 37.0 Å². The fraction of sp³-hybridized carbons (Fsp3) is 0.421. The number of aryl methyl sites for hydroxylation is 1. The quantitative estimate of drug-likeness (QED) is 0.872. The molecule has 8 heteroatoms. The number of nitrogens with one attached hydrogen (secondary N) is 1. The number of nitrogens with zero attached hydrogens (tertiary/aromatic N) is 3. The number of aromatic nitrogens is 2. The summed E-state index contributed by atoms with van der Waals surface area (Å²) in [6.07, 6.45) is -3.35. The van der Waals surface area contributed by atoms with E-state index in [0.29, 0.717) is 29.8 Å². The molecule has 0 radical (unpaired) electrons. The number of benzene rings is 1. The summed E-state index contributed by atoms with van der Waals surface area (Å²) in [6, 6.07) is 6.42. The highest BCUT2D eigenvalue weighted by atomic mass is 19.4. The number of fused-ring (bicyclic) bond motifs is 1. The molecule has 0 spiro atoms. The van der Waals surface area contributed by atoms with Gasteiger partial charge in [0.15, 0.2) is 5.78 Å². The molecule has 0 aliphatic heterocycles. The Morgan fingerprint density at radius 2 is 2.04 bits per heavy atom. The van der Waals surface area contributed by atoms with Crippen LogP contribution in [-0.2, 0) is 6.42 Å². The summed E-state index contributed by atoms with van der Waals surface area (Å²) in [7, 11) is 0. The molecule has 3 rings (SSSR count). The van der Waals surface area contributed by atoms with Crippen molar-refractivity contribution in [2.45, 2.75) is 39.8 Å². The van der Waals surface area contributed by atoms with Crippen molar-refractivity contribution in [1.82, 2.24) is 9.78 Å². The fourth-order valence-electron chi connectivity index (χ4n) is 3.46. The van der Waals surface area contributed by atoms with E-state index in [1.165, 1.54) is 12.1 Å². The molecule has 2 aromatic rings. The van der Waals surface area contributed by atoms with E-state index >= 15 is 0 Å². The molecule has 0 atom stereocenters. The zero-order valence-electron chi connectivity index (χ0n) is 15.2. The van der Waals surface area contributed by atoms with Gasteiger partial charge >= 0.3 is 6.18 Å². The third-order valence-corrected chi connectivity index (χ3v) is 4.57. The van der Waals surface area contributed by atoms with Crippen molar-refractivity contribution in [2.75, 3.05) is 11.9 Å². The molecule has 1 aliphatic carbocycles. The zero-order chi connectivity index (χ0) is 20.0. The van der Waals surface area contributed by atoms with Crippen LogP contribution in [0.1, 0.15) is 47.6 Å². The standard InChI is InChI=1S/C19H19F3N4O/c1-11-17-15(7-18(2,3)8-16(17)27)26(25-11)13-5-4-12(9-23)14(6-13)24-10-19(20,21)22/h4-6,24H,7-8,10H2,1-3H3. The molecule has 1 heterocycles. The number of Topliss-reactive ketones (excluding diaryl/α,β-unsaturated/α-hetero) is 1. The van der Waals surface area contributed by atoms with Crippen molar-refractivity contribution in [3.63, 3.8) is 0 Å². The minimum atomic E-state index is -4.40. The maximum absolute atomic E-state index is 12.6. The van der Waals surface area contributed by atoms with Gasteiger partial charge in [0.05, 0.1) is 33.9 Å². The molecule has 1 aliphatic rings. The van der Waals surface area contributed by atoms with E-state index in [4.69, 9.17) is 0 Å². The molecular formula is C19H19F3N4O.